The second-order valence-corrected chi connectivity index (χ2v) is 7.14. The van der Waals surface area contributed by atoms with Crippen LogP contribution in [0.15, 0.2) is 42.5 Å². The summed E-state index contributed by atoms with van der Waals surface area (Å²) in [4.78, 5) is 11.9. The highest BCUT2D eigenvalue weighted by atomic mass is 35.5. The Morgan fingerprint density at radius 2 is 1.89 bits per heavy atom. The maximum Gasteiger partial charge on any atom is 0.257 e. The van der Waals surface area contributed by atoms with E-state index in [0.717, 1.165) is 23.4 Å². The van der Waals surface area contributed by atoms with E-state index in [4.69, 9.17) is 21.1 Å². The van der Waals surface area contributed by atoms with Gasteiger partial charge in [-0.1, -0.05) is 29.8 Å². The Kier molecular flexibility index (Phi) is 6.96. The van der Waals surface area contributed by atoms with Crippen LogP contribution in [0.3, 0.4) is 0 Å². The van der Waals surface area contributed by atoms with Gasteiger partial charge in [0.25, 0.3) is 5.91 Å². The molecule has 0 spiro atoms. The van der Waals surface area contributed by atoms with Crippen molar-refractivity contribution in [1.29, 1.82) is 0 Å². The molecule has 5 nitrogen and oxygen atoms in total. The molecule has 1 saturated carbocycles. The van der Waals surface area contributed by atoms with Gasteiger partial charge in [0.05, 0.1) is 7.11 Å². The molecule has 0 heterocycles. The zero-order chi connectivity index (χ0) is 19.1. The van der Waals surface area contributed by atoms with Crippen molar-refractivity contribution >= 4 is 17.5 Å². The third kappa shape index (κ3) is 6.15. The molecule has 1 fully saturated rings. The molecule has 2 aromatic rings. The van der Waals surface area contributed by atoms with Crippen molar-refractivity contribution in [3.8, 4) is 11.5 Å². The van der Waals surface area contributed by atoms with Gasteiger partial charge in [-0.25, -0.2) is 0 Å². The van der Waals surface area contributed by atoms with Gasteiger partial charge in [0.2, 0.25) is 0 Å². The van der Waals surface area contributed by atoms with Crippen molar-refractivity contribution in [2.75, 3.05) is 20.3 Å². The summed E-state index contributed by atoms with van der Waals surface area (Å²) in [6.45, 7) is 2.01. The van der Waals surface area contributed by atoms with Crippen LogP contribution in [-0.4, -0.2) is 26.2 Å². The number of carbonyl (C=O) groups excluding carboxylic acids is 1. The summed E-state index contributed by atoms with van der Waals surface area (Å²) < 4.78 is 11.1. The Morgan fingerprint density at radius 3 is 2.67 bits per heavy atom. The van der Waals surface area contributed by atoms with Crippen molar-refractivity contribution in [2.24, 2.45) is 5.92 Å². The van der Waals surface area contributed by atoms with E-state index >= 15 is 0 Å². The van der Waals surface area contributed by atoms with E-state index in [1.807, 2.05) is 36.4 Å². The molecule has 27 heavy (non-hydrogen) atoms. The number of benzene rings is 2. The summed E-state index contributed by atoms with van der Waals surface area (Å²) in [5.74, 6) is 2.09. The molecule has 2 N–H and O–H groups in total. The normalized spacial score (nSPS) is 13.3. The first-order valence-electron chi connectivity index (χ1n) is 9.16. The van der Waals surface area contributed by atoms with Gasteiger partial charge in [0.1, 0.15) is 11.5 Å². The number of methoxy groups -OCH3 is 1. The highest BCUT2D eigenvalue weighted by molar-refractivity contribution is 6.30. The van der Waals surface area contributed by atoms with Crippen LogP contribution < -0.4 is 20.1 Å². The van der Waals surface area contributed by atoms with Crippen molar-refractivity contribution in [3.05, 3.63) is 58.6 Å². The van der Waals surface area contributed by atoms with Gasteiger partial charge in [-0.15, -0.1) is 0 Å². The number of amides is 1. The van der Waals surface area contributed by atoms with Gasteiger partial charge in [0, 0.05) is 35.8 Å². The summed E-state index contributed by atoms with van der Waals surface area (Å²) >= 11 is 6.07. The van der Waals surface area contributed by atoms with Crippen molar-refractivity contribution in [2.45, 2.75) is 25.9 Å². The van der Waals surface area contributed by atoms with Crippen LogP contribution >= 0.6 is 11.6 Å². The topological polar surface area (TPSA) is 59.6 Å². The van der Waals surface area contributed by atoms with E-state index < -0.39 is 0 Å². The summed E-state index contributed by atoms with van der Waals surface area (Å²) in [6, 6.07) is 13.3. The monoisotopic (exact) mass is 388 g/mol. The molecule has 3 rings (SSSR count). The van der Waals surface area contributed by atoms with Crippen LogP contribution in [0.2, 0.25) is 5.02 Å². The molecule has 2 aromatic carbocycles. The van der Waals surface area contributed by atoms with Crippen LogP contribution in [0.25, 0.3) is 0 Å². The SMILES string of the molecule is COc1ccc(Cl)cc1CNCc1ccccc1OCC(=O)NCC1CC1. The van der Waals surface area contributed by atoms with E-state index in [0.29, 0.717) is 29.8 Å². The molecule has 0 saturated heterocycles. The van der Waals surface area contributed by atoms with Crippen LogP contribution in [0.4, 0.5) is 0 Å². The van der Waals surface area contributed by atoms with E-state index in [1.165, 1.54) is 12.8 Å². The lowest BCUT2D eigenvalue weighted by molar-refractivity contribution is -0.123. The third-order valence-corrected chi connectivity index (χ3v) is 4.72. The molecule has 1 amide bonds. The average Bonchev–Trinajstić information content (AvgIpc) is 3.50. The second kappa shape index (κ2) is 9.62. The number of ether oxygens (including phenoxy) is 2. The minimum atomic E-state index is -0.0756. The maximum atomic E-state index is 11.9. The zero-order valence-corrected chi connectivity index (χ0v) is 16.2. The van der Waals surface area contributed by atoms with E-state index in [1.54, 1.807) is 13.2 Å². The van der Waals surface area contributed by atoms with Gasteiger partial charge in [-0.3, -0.25) is 4.79 Å². The molecule has 0 aliphatic heterocycles. The highest BCUT2D eigenvalue weighted by Gasteiger charge is 2.21. The van der Waals surface area contributed by atoms with Gasteiger partial charge in [-0.05, 0) is 43.0 Å². The fourth-order valence-electron chi connectivity index (χ4n) is 2.78. The number of carbonyl (C=O) groups is 1. The summed E-state index contributed by atoms with van der Waals surface area (Å²) in [7, 11) is 1.64. The molecule has 0 unspecified atom stereocenters. The Labute approximate surface area is 165 Å². The van der Waals surface area contributed by atoms with Gasteiger partial charge >= 0.3 is 0 Å². The van der Waals surface area contributed by atoms with Gasteiger partial charge in [-0.2, -0.15) is 0 Å². The smallest absolute Gasteiger partial charge is 0.257 e. The Balaban J connectivity index is 1.51. The van der Waals surface area contributed by atoms with Crippen molar-refractivity contribution in [3.63, 3.8) is 0 Å². The number of nitrogens with one attached hydrogen (secondary N) is 2. The Bertz CT molecular complexity index is 778. The lowest BCUT2D eigenvalue weighted by Crippen LogP contribution is -2.30. The summed E-state index contributed by atoms with van der Waals surface area (Å²) in [6.07, 6.45) is 2.43. The van der Waals surface area contributed by atoms with Crippen molar-refractivity contribution < 1.29 is 14.3 Å². The second-order valence-electron chi connectivity index (χ2n) is 6.70. The van der Waals surface area contributed by atoms with Crippen LogP contribution in [0.1, 0.15) is 24.0 Å². The number of hydrogen-bond donors (Lipinski definition) is 2. The minimum absolute atomic E-state index is 0.0336. The number of rotatable bonds is 10. The van der Waals surface area contributed by atoms with E-state index in [-0.39, 0.29) is 12.5 Å². The molecule has 6 heteroatoms. The first-order valence-corrected chi connectivity index (χ1v) is 9.54. The first kappa shape index (κ1) is 19.5. The standard InChI is InChI=1S/C21H25ClN2O3/c1-26-19-9-8-18(22)10-17(19)13-23-12-16-4-2-3-5-20(16)27-14-21(25)24-11-15-6-7-15/h2-5,8-10,15,23H,6-7,11-14H2,1H3,(H,24,25). The number of halogens is 1. The molecule has 0 atom stereocenters. The molecule has 1 aliphatic rings. The predicted octanol–water partition coefficient (Wildman–Crippen LogP) is 3.54. The van der Waals surface area contributed by atoms with Gasteiger partial charge < -0.3 is 20.1 Å². The quantitative estimate of drug-likeness (QED) is 0.653. The van der Waals surface area contributed by atoms with E-state index in [9.17, 15) is 4.79 Å². The number of para-hydroxylation sites is 1. The molecular formula is C21H25ClN2O3. The van der Waals surface area contributed by atoms with Gasteiger partial charge in [0.15, 0.2) is 6.61 Å². The lowest BCUT2D eigenvalue weighted by Gasteiger charge is -2.13. The van der Waals surface area contributed by atoms with E-state index in [2.05, 4.69) is 10.6 Å². The average molecular weight is 389 g/mol. The fraction of sp³-hybridized carbons (Fsp3) is 0.381. The molecule has 0 aromatic heterocycles. The molecule has 0 bridgehead atoms. The van der Waals surface area contributed by atoms with Crippen LogP contribution in [0, 0.1) is 5.92 Å². The molecular weight excluding hydrogens is 364 g/mol. The lowest BCUT2D eigenvalue weighted by atomic mass is 10.1. The minimum Gasteiger partial charge on any atom is -0.496 e. The summed E-state index contributed by atoms with van der Waals surface area (Å²) in [5.41, 5.74) is 1.98. The highest BCUT2D eigenvalue weighted by Crippen LogP contribution is 2.27. The Hall–Kier alpha value is -2.24. The van der Waals surface area contributed by atoms with Crippen LogP contribution in [-0.2, 0) is 17.9 Å². The molecule has 0 radical (unpaired) electrons. The first-order chi connectivity index (χ1) is 13.2. The predicted molar refractivity (Wildman–Crippen MR) is 106 cm³/mol. The zero-order valence-electron chi connectivity index (χ0n) is 15.5. The number of hydrogen-bond acceptors (Lipinski definition) is 4. The van der Waals surface area contributed by atoms with Crippen LogP contribution in [0.5, 0.6) is 11.5 Å². The third-order valence-electron chi connectivity index (χ3n) is 4.49. The maximum absolute atomic E-state index is 11.9. The Morgan fingerprint density at radius 1 is 1.11 bits per heavy atom. The molecule has 144 valence electrons. The fourth-order valence-corrected chi connectivity index (χ4v) is 2.98. The van der Waals surface area contributed by atoms with Crippen molar-refractivity contribution in [1.82, 2.24) is 10.6 Å². The summed E-state index contributed by atoms with van der Waals surface area (Å²) in [5, 5.41) is 6.96. The largest absolute Gasteiger partial charge is 0.496 e. The molecule has 1 aliphatic carbocycles.